The molecule has 1 aromatic carbocycles. The van der Waals surface area contributed by atoms with Crippen molar-refractivity contribution in [2.24, 2.45) is 5.73 Å². The zero-order chi connectivity index (χ0) is 12.8. The number of hydrogen-bond acceptors (Lipinski definition) is 3. The Kier molecular flexibility index (Phi) is 5.55. The Labute approximate surface area is 102 Å². The van der Waals surface area contributed by atoms with Crippen molar-refractivity contribution in [3.05, 3.63) is 35.6 Å². The van der Waals surface area contributed by atoms with E-state index in [0.29, 0.717) is 6.54 Å². The van der Waals surface area contributed by atoms with Gasteiger partial charge < -0.3 is 10.8 Å². The Morgan fingerprint density at radius 2 is 1.94 bits per heavy atom. The van der Waals surface area contributed by atoms with E-state index >= 15 is 0 Å². The highest BCUT2D eigenvalue weighted by Gasteiger charge is 2.22. The molecule has 0 amide bonds. The number of hydrogen-bond donors (Lipinski definition) is 2. The number of rotatable bonds is 6. The van der Waals surface area contributed by atoms with E-state index in [1.165, 1.54) is 12.1 Å². The topological polar surface area (TPSA) is 49.5 Å². The molecule has 0 aromatic heterocycles. The fourth-order valence-electron chi connectivity index (χ4n) is 2.13. The van der Waals surface area contributed by atoms with Crippen LogP contribution in [-0.4, -0.2) is 35.7 Å². The van der Waals surface area contributed by atoms with Crippen LogP contribution in [0.5, 0.6) is 0 Å². The van der Waals surface area contributed by atoms with E-state index in [1.807, 2.05) is 13.8 Å². The second kappa shape index (κ2) is 6.69. The normalized spacial score (nSPS) is 14.9. The molecule has 0 aliphatic carbocycles. The van der Waals surface area contributed by atoms with Crippen molar-refractivity contribution in [3.8, 4) is 0 Å². The molecule has 3 nitrogen and oxygen atoms in total. The second-order valence-corrected chi connectivity index (χ2v) is 4.21. The van der Waals surface area contributed by atoms with Crippen molar-refractivity contribution >= 4 is 0 Å². The van der Waals surface area contributed by atoms with E-state index in [0.717, 1.165) is 12.1 Å². The Balaban J connectivity index is 2.95. The molecular formula is C13H21FN2O. The summed E-state index contributed by atoms with van der Waals surface area (Å²) < 4.78 is 12.9. The summed E-state index contributed by atoms with van der Waals surface area (Å²) in [7, 11) is 0. The van der Waals surface area contributed by atoms with Crippen LogP contribution in [0.2, 0.25) is 0 Å². The fourth-order valence-corrected chi connectivity index (χ4v) is 2.13. The van der Waals surface area contributed by atoms with E-state index < -0.39 is 0 Å². The molecule has 2 unspecified atom stereocenters. The lowest BCUT2D eigenvalue weighted by Crippen LogP contribution is -2.40. The van der Waals surface area contributed by atoms with Crippen LogP contribution in [0.25, 0.3) is 0 Å². The molecule has 0 spiro atoms. The first-order valence-electron chi connectivity index (χ1n) is 5.96. The highest BCUT2D eigenvalue weighted by atomic mass is 19.1. The van der Waals surface area contributed by atoms with E-state index in [4.69, 9.17) is 10.8 Å². The molecule has 1 aromatic rings. The molecule has 2 atom stereocenters. The predicted molar refractivity (Wildman–Crippen MR) is 67.1 cm³/mol. The summed E-state index contributed by atoms with van der Waals surface area (Å²) >= 11 is 0. The largest absolute Gasteiger partial charge is 0.395 e. The lowest BCUT2D eigenvalue weighted by molar-refractivity contribution is 0.143. The van der Waals surface area contributed by atoms with Crippen molar-refractivity contribution < 1.29 is 9.50 Å². The van der Waals surface area contributed by atoms with Crippen LogP contribution >= 0.6 is 0 Å². The van der Waals surface area contributed by atoms with Gasteiger partial charge in [0.05, 0.1) is 6.61 Å². The van der Waals surface area contributed by atoms with Gasteiger partial charge in [0.1, 0.15) is 5.82 Å². The first-order chi connectivity index (χ1) is 8.10. The first kappa shape index (κ1) is 14.1. The highest BCUT2D eigenvalue weighted by molar-refractivity contribution is 5.21. The monoisotopic (exact) mass is 240 g/mol. The third-order valence-electron chi connectivity index (χ3n) is 2.90. The van der Waals surface area contributed by atoms with E-state index in [9.17, 15) is 4.39 Å². The summed E-state index contributed by atoms with van der Waals surface area (Å²) in [6.45, 7) is 5.41. The number of benzene rings is 1. The maximum absolute atomic E-state index is 12.9. The first-order valence-corrected chi connectivity index (χ1v) is 5.96. The Bertz CT molecular complexity index is 327. The predicted octanol–water partition coefficient (Wildman–Crippen LogP) is 1.53. The van der Waals surface area contributed by atoms with Gasteiger partial charge >= 0.3 is 0 Å². The van der Waals surface area contributed by atoms with Crippen molar-refractivity contribution in [1.82, 2.24) is 4.90 Å². The minimum atomic E-state index is -0.248. The van der Waals surface area contributed by atoms with E-state index in [2.05, 4.69) is 4.90 Å². The number of nitrogens with two attached hydrogens (primary N) is 1. The fraction of sp³-hybridized carbons (Fsp3) is 0.538. The highest BCUT2D eigenvalue weighted by Crippen LogP contribution is 2.23. The van der Waals surface area contributed by atoms with Gasteiger partial charge in [-0.05, 0) is 31.2 Å². The molecular weight excluding hydrogens is 219 g/mol. The third-order valence-corrected chi connectivity index (χ3v) is 2.90. The summed E-state index contributed by atoms with van der Waals surface area (Å²) in [6, 6.07) is 6.32. The van der Waals surface area contributed by atoms with Crippen LogP contribution in [0.4, 0.5) is 4.39 Å². The average molecular weight is 240 g/mol. The van der Waals surface area contributed by atoms with Crippen LogP contribution in [-0.2, 0) is 0 Å². The Hall–Kier alpha value is -0.970. The standard InChI is InChI=1S/C13H21FN2O/c1-3-16(8-9-17)13(10(2)15)11-4-6-12(14)7-5-11/h4-7,10,13,17H,3,8-9,15H2,1-2H3. The molecule has 0 radical (unpaired) electrons. The van der Waals surface area contributed by atoms with Crippen LogP contribution in [0.1, 0.15) is 25.5 Å². The minimum Gasteiger partial charge on any atom is -0.395 e. The average Bonchev–Trinajstić information content (AvgIpc) is 2.30. The van der Waals surface area contributed by atoms with Crippen LogP contribution in [0.15, 0.2) is 24.3 Å². The van der Waals surface area contributed by atoms with Crippen LogP contribution in [0.3, 0.4) is 0 Å². The SMILES string of the molecule is CCN(CCO)C(c1ccc(F)cc1)C(C)N. The summed E-state index contributed by atoms with van der Waals surface area (Å²) in [4.78, 5) is 2.10. The summed E-state index contributed by atoms with van der Waals surface area (Å²) in [6.07, 6.45) is 0. The van der Waals surface area contributed by atoms with Gasteiger partial charge in [-0.15, -0.1) is 0 Å². The lowest BCUT2D eigenvalue weighted by atomic mass is 9.99. The molecule has 0 saturated heterocycles. The number of nitrogens with zero attached hydrogens (tertiary/aromatic N) is 1. The van der Waals surface area contributed by atoms with Gasteiger partial charge in [0, 0.05) is 18.6 Å². The van der Waals surface area contributed by atoms with Gasteiger partial charge in [-0.1, -0.05) is 19.1 Å². The summed E-state index contributed by atoms with van der Waals surface area (Å²) in [5, 5.41) is 9.05. The van der Waals surface area contributed by atoms with Gasteiger partial charge in [0.2, 0.25) is 0 Å². The van der Waals surface area contributed by atoms with Crippen LogP contribution in [0, 0.1) is 5.82 Å². The smallest absolute Gasteiger partial charge is 0.123 e. The molecule has 0 aliphatic rings. The number of aliphatic hydroxyl groups is 1. The van der Waals surface area contributed by atoms with Gasteiger partial charge in [-0.2, -0.15) is 0 Å². The lowest BCUT2D eigenvalue weighted by Gasteiger charge is -2.33. The molecule has 3 N–H and O–H groups in total. The van der Waals surface area contributed by atoms with Crippen molar-refractivity contribution in [2.45, 2.75) is 25.9 Å². The molecule has 1 rings (SSSR count). The quantitative estimate of drug-likeness (QED) is 0.792. The van der Waals surface area contributed by atoms with Gasteiger partial charge in [0.25, 0.3) is 0 Å². The number of aliphatic hydroxyl groups excluding tert-OH is 1. The number of halogens is 1. The van der Waals surface area contributed by atoms with Gasteiger partial charge in [-0.3, -0.25) is 4.90 Å². The Morgan fingerprint density at radius 3 is 2.35 bits per heavy atom. The third kappa shape index (κ3) is 3.77. The maximum atomic E-state index is 12.9. The molecule has 96 valence electrons. The summed E-state index contributed by atoms with van der Waals surface area (Å²) in [5.41, 5.74) is 6.98. The zero-order valence-electron chi connectivity index (χ0n) is 10.4. The van der Waals surface area contributed by atoms with E-state index in [-0.39, 0.29) is 24.5 Å². The zero-order valence-corrected chi connectivity index (χ0v) is 10.4. The summed E-state index contributed by atoms with van der Waals surface area (Å²) in [5.74, 6) is -0.248. The second-order valence-electron chi connectivity index (χ2n) is 4.21. The molecule has 0 aliphatic heterocycles. The molecule has 0 saturated carbocycles. The molecule has 17 heavy (non-hydrogen) atoms. The van der Waals surface area contributed by atoms with Crippen LogP contribution < -0.4 is 5.73 Å². The Morgan fingerprint density at radius 1 is 1.35 bits per heavy atom. The molecule has 0 heterocycles. The van der Waals surface area contributed by atoms with E-state index in [1.54, 1.807) is 12.1 Å². The minimum absolute atomic E-state index is 0.00718. The number of likely N-dealkylation sites (N-methyl/N-ethyl adjacent to an activating group) is 1. The van der Waals surface area contributed by atoms with Gasteiger partial charge in [0.15, 0.2) is 0 Å². The molecule has 0 fully saturated rings. The van der Waals surface area contributed by atoms with Crippen molar-refractivity contribution in [2.75, 3.05) is 19.7 Å². The van der Waals surface area contributed by atoms with Crippen molar-refractivity contribution in [1.29, 1.82) is 0 Å². The molecule has 4 heteroatoms. The molecule has 0 bridgehead atoms. The van der Waals surface area contributed by atoms with Gasteiger partial charge in [-0.25, -0.2) is 4.39 Å². The maximum Gasteiger partial charge on any atom is 0.123 e. The van der Waals surface area contributed by atoms with Crippen molar-refractivity contribution in [3.63, 3.8) is 0 Å².